The van der Waals surface area contributed by atoms with Crippen molar-refractivity contribution in [2.75, 3.05) is 0 Å². The maximum atomic E-state index is 12.3. The van der Waals surface area contributed by atoms with Crippen LogP contribution in [-0.2, 0) is 4.74 Å². The summed E-state index contributed by atoms with van der Waals surface area (Å²) < 4.78 is 5.49. The number of likely N-dealkylation sites (tertiary alicyclic amines) is 1. The Morgan fingerprint density at radius 2 is 2.28 bits per heavy atom. The third-order valence-electron chi connectivity index (χ3n) is 3.54. The van der Waals surface area contributed by atoms with Crippen LogP contribution in [0.4, 0.5) is 4.79 Å². The van der Waals surface area contributed by atoms with Gasteiger partial charge in [-0.2, -0.15) is 0 Å². The highest BCUT2D eigenvalue weighted by Crippen LogP contribution is 2.53. The number of nitrogens with one attached hydrogen (secondary N) is 1. The molecule has 2 aliphatic rings. The van der Waals surface area contributed by atoms with E-state index in [9.17, 15) is 4.79 Å². The van der Waals surface area contributed by atoms with Gasteiger partial charge in [0, 0.05) is 18.4 Å². The summed E-state index contributed by atoms with van der Waals surface area (Å²) in [6.07, 6.45) is 5.42. The number of aromatic nitrogens is 2. The van der Waals surface area contributed by atoms with Crippen LogP contribution in [0.25, 0.3) is 0 Å². The summed E-state index contributed by atoms with van der Waals surface area (Å²) in [5, 5.41) is 0. The molecule has 1 aliphatic heterocycles. The van der Waals surface area contributed by atoms with Crippen LogP contribution in [0.2, 0.25) is 0 Å². The van der Waals surface area contributed by atoms with Gasteiger partial charge in [0.15, 0.2) is 0 Å². The van der Waals surface area contributed by atoms with Crippen molar-refractivity contribution < 1.29 is 9.53 Å². The molecule has 2 fully saturated rings. The Kier molecular flexibility index (Phi) is 2.40. The summed E-state index contributed by atoms with van der Waals surface area (Å²) in [5.41, 5.74) is -0.447. The van der Waals surface area contributed by atoms with Crippen LogP contribution in [0.1, 0.15) is 45.5 Å². The molecule has 5 heteroatoms. The monoisotopic (exact) mass is 249 g/mol. The molecule has 1 unspecified atom stereocenters. The molecule has 1 amide bonds. The zero-order chi connectivity index (χ0) is 12.9. The number of rotatable bonds is 1. The van der Waals surface area contributed by atoms with Crippen LogP contribution in [0.5, 0.6) is 0 Å². The van der Waals surface area contributed by atoms with Gasteiger partial charge in [-0.15, -0.1) is 0 Å². The van der Waals surface area contributed by atoms with E-state index in [0.29, 0.717) is 12.0 Å². The lowest BCUT2D eigenvalue weighted by Crippen LogP contribution is -2.38. The molecule has 18 heavy (non-hydrogen) atoms. The number of H-pyrrole nitrogens is 1. The summed E-state index contributed by atoms with van der Waals surface area (Å²) in [7, 11) is 0. The standard InChI is InChI=1S/C13H19N3O2/c1-13(2,3)18-12(17)16-9-6-8(9)7-10(16)11-14-4-5-15-11/h4-5,8-10H,6-7H2,1-3H3,(H,14,15)/t8?,9-,10+/m1/s1. The lowest BCUT2D eigenvalue weighted by Gasteiger charge is -2.29. The molecular weight excluding hydrogens is 230 g/mol. The van der Waals surface area contributed by atoms with E-state index in [1.54, 1.807) is 12.4 Å². The maximum Gasteiger partial charge on any atom is 0.411 e. The fraction of sp³-hybridized carbons (Fsp3) is 0.692. The Labute approximate surface area is 107 Å². The molecular formula is C13H19N3O2. The maximum absolute atomic E-state index is 12.3. The minimum Gasteiger partial charge on any atom is -0.444 e. The summed E-state index contributed by atoms with van der Waals surface area (Å²) in [6.45, 7) is 5.69. The van der Waals surface area contributed by atoms with Crippen molar-refractivity contribution in [1.29, 1.82) is 0 Å². The molecule has 1 aromatic heterocycles. The quantitative estimate of drug-likeness (QED) is 0.831. The second kappa shape index (κ2) is 3.73. The minimum atomic E-state index is -0.447. The molecule has 1 saturated heterocycles. The Morgan fingerprint density at radius 1 is 1.50 bits per heavy atom. The molecule has 0 spiro atoms. The Balaban J connectivity index is 1.78. The van der Waals surface area contributed by atoms with Crippen molar-refractivity contribution in [2.45, 2.75) is 51.3 Å². The van der Waals surface area contributed by atoms with Gasteiger partial charge in [-0.1, -0.05) is 0 Å². The Bertz CT molecular complexity index is 449. The van der Waals surface area contributed by atoms with Crippen molar-refractivity contribution in [3.8, 4) is 0 Å². The number of hydrogen-bond donors (Lipinski definition) is 1. The van der Waals surface area contributed by atoms with Gasteiger partial charge in [-0.3, -0.25) is 4.90 Å². The topological polar surface area (TPSA) is 58.2 Å². The zero-order valence-corrected chi connectivity index (χ0v) is 11.0. The normalized spacial score (nSPS) is 30.2. The van der Waals surface area contributed by atoms with E-state index in [2.05, 4.69) is 9.97 Å². The van der Waals surface area contributed by atoms with Gasteiger partial charge >= 0.3 is 6.09 Å². The summed E-state index contributed by atoms with van der Waals surface area (Å²) in [6, 6.07) is 0.411. The average molecular weight is 249 g/mol. The van der Waals surface area contributed by atoms with Gasteiger partial charge in [0.2, 0.25) is 0 Å². The van der Waals surface area contributed by atoms with Crippen LogP contribution in [-0.4, -0.2) is 32.6 Å². The van der Waals surface area contributed by atoms with Crippen LogP contribution < -0.4 is 0 Å². The highest BCUT2D eigenvalue weighted by molar-refractivity contribution is 5.70. The first-order chi connectivity index (χ1) is 8.46. The lowest BCUT2D eigenvalue weighted by atomic mass is 10.1. The number of aromatic amines is 1. The van der Waals surface area contributed by atoms with Crippen LogP contribution >= 0.6 is 0 Å². The van der Waals surface area contributed by atoms with Crippen LogP contribution in [0.3, 0.4) is 0 Å². The molecule has 1 aliphatic carbocycles. The van der Waals surface area contributed by atoms with E-state index < -0.39 is 5.60 Å². The van der Waals surface area contributed by atoms with E-state index >= 15 is 0 Å². The van der Waals surface area contributed by atoms with Gasteiger partial charge < -0.3 is 9.72 Å². The van der Waals surface area contributed by atoms with Crippen molar-refractivity contribution in [3.63, 3.8) is 0 Å². The van der Waals surface area contributed by atoms with Crippen LogP contribution in [0.15, 0.2) is 12.4 Å². The number of piperidine rings is 1. The number of fused-ring (bicyclic) bond motifs is 1. The van der Waals surface area contributed by atoms with Gasteiger partial charge in [0.25, 0.3) is 0 Å². The number of carbonyl (C=O) groups is 1. The summed E-state index contributed by atoms with van der Waals surface area (Å²) >= 11 is 0. The summed E-state index contributed by atoms with van der Waals surface area (Å²) in [4.78, 5) is 21.5. The molecule has 0 bridgehead atoms. The zero-order valence-electron chi connectivity index (χ0n) is 11.0. The largest absolute Gasteiger partial charge is 0.444 e. The van der Waals surface area contributed by atoms with E-state index in [1.807, 2.05) is 25.7 Å². The fourth-order valence-corrected chi connectivity index (χ4v) is 2.74. The number of amides is 1. The molecule has 98 valence electrons. The number of nitrogens with zero attached hydrogens (tertiary/aromatic N) is 2. The predicted molar refractivity (Wildman–Crippen MR) is 65.9 cm³/mol. The second-order valence-electron chi connectivity index (χ2n) is 6.18. The SMILES string of the molecule is CC(C)(C)OC(=O)N1[C@@H]2CC2C[C@H]1c1ncc[nH]1. The molecule has 1 saturated carbocycles. The smallest absolute Gasteiger partial charge is 0.411 e. The number of ether oxygens (including phenoxy) is 1. The van der Waals surface area contributed by atoms with Gasteiger partial charge in [-0.05, 0) is 39.5 Å². The first kappa shape index (κ1) is 11.6. The second-order valence-corrected chi connectivity index (χ2v) is 6.18. The highest BCUT2D eigenvalue weighted by Gasteiger charge is 2.56. The van der Waals surface area contributed by atoms with Gasteiger partial charge in [-0.25, -0.2) is 9.78 Å². The van der Waals surface area contributed by atoms with Crippen molar-refractivity contribution in [1.82, 2.24) is 14.9 Å². The third kappa shape index (κ3) is 1.98. The molecule has 0 aromatic carbocycles. The van der Waals surface area contributed by atoms with E-state index in [0.717, 1.165) is 18.7 Å². The van der Waals surface area contributed by atoms with Gasteiger partial charge in [0.05, 0.1) is 6.04 Å². The molecule has 5 nitrogen and oxygen atoms in total. The lowest BCUT2D eigenvalue weighted by molar-refractivity contribution is 0.0175. The first-order valence-electron chi connectivity index (χ1n) is 6.46. The number of carbonyl (C=O) groups excluding carboxylic acids is 1. The van der Waals surface area contributed by atoms with Crippen LogP contribution in [0, 0.1) is 5.92 Å². The molecule has 1 N–H and O–H groups in total. The van der Waals surface area contributed by atoms with Gasteiger partial charge in [0.1, 0.15) is 11.4 Å². The van der Waals surface area contributed by atoms with E-state index in [1.165, 1.54) is 0 Å². The van der Waals surface area contributed by atoms with E-state index in [4.69, 9.17) is 4.74 Å². The Morgan fingerprint density at radius 3 is 2.89 bits per heavy atom. The third-order valence-corrected chi connectivity index (χ3v) is 3.54. The fourth-order valence-electron chi connectivity index (χ4n) is 2.74. The number of hydrogen-bond acceptors (Lipinski definition) is 3. The van der Waals surface area contributed by atoms with E-state index in [-0.39, 0.29) is 12.1 Å². The molecule has 3 atom stereocenters. The average Bonchev–Trinajstić information content (AvgIpc) is 2.76. The Hall–Kier alpha value is -1.52. The highest BCUT2D eigenvalue weighted by atomic mass is 16.6. The predicted octanol–water partition coefficient (Wildman–Crippen LogP) is 2.48. The summed E-state index contributed by atoms with van der Waals surface area (Å²) in [5.74, 6) is 1.50. The number of imidazole rings is 1. The van der Waals surface area contributed by atoms with Crippen molar-refractivity contribution in [3.05, 3.63) is 18.2 Å². The molecule has 3 rings (SSSR count). The molecule has 2 heterocycles. The minimum absolute atomic E-state index is 0.0543. The van der Waals surface area contributed by atoms with Crippen molar-refractivity contribution >= 4 is 6.09 Å². The van der Waals surface area contributed by atoms with Crippen molar-refractivity contribution in [2.24, 2.45) is 5.92 Å². The molecule has 1 aromatic rings. The molecule has 0 radical (unpaired) electrons. The first-order valence-corrected chi connectivity index (χ1v) is 6.46.